The lowest BCUT2D eigenvalue weighted by Crippen LogP contribution is -2.43. The van der Waals surface area contributed by atoms with E-state index in [1.165, 1.54) is 0 Å². The van der Waals surface area contributed by atoms with Gasteiger partial charge >= 0.3 is 0 Å². The first kappa shape index (κ1) is 13.6. The number of rotatable bonds is 3. The second-order valence-electron chi connectivity index (χ2n) is 6.28. The Balaban J connectivity index is 1.70. The molecule has 1 aliphatic heterocycles. The van der Waals surface area contributed by atoms with E-state index in [0.717, 1.165) is 50.6 Å². The van der Waals surface area contributed by atoms with E-state index in [2.05, 4.69) is 11.1 Å². The fraction of sp³-hybridized carbons (Fsp3) is 0.625. The molecule has 1 saturated carbocycles. The molecule has 1 atom stereocenters. The van der Waals surface area contributed by atoms with E-state index >= 15 is 0 Å². The van der Waals surface area contributed by atoms with Gasteiger partial charge in [0.1, 0.15) is 0 Å². The quantitative estimate of drug-likeness (QED) is 0.920. The number of pyridine rings is 1. The summed E-state index contributed by atoms with van der Waals surface area (Å²) in [4.78, 5) is 18.8. The molecule has 20 heavy (non-hydrogen) atoms. The van der Waals surface area contributed by atoms with Crippen LogP contribution in [0.4, 0.5) is 0 Å². The van der Waals surface area contributed by atoms with Crippen LogP contribution in [0.5, 0.6) is 0 Å². The molecule has 1 unspecified atom stereocenters. The zero-order valence-corrected chi connectivity index (χ0v) is 11.9. The molecule has 0 radical (unpaired) electrons. The minimum absolute atomic E-state index is 0.196. The number of likely N-dealkylation sites (tertiary alicyclic amines) is 1. The maximum atomic E-state index is 12.6. The fourth-order valence-electron chi connectivity index (χ4n) is 3.64. The molecular weight excluding hydrogens is 250 g/mol. The summed E-state index contributed by atoms with van der Waals surface area (Å²) in [5.41, 5.74) is 7.25. The average Bonchev–Trinajstić information content (AvgIpc) is 3.08. The molecule has 2 aliphatic rings. The summed E-state index contributed by atoms with van der Waals surface area (Å²) in [7, 11) is 0. The van der Waals surface area contributed by atoms with Crippen molar-refractivity contribution in [2.24, 2.45) is 5.73 Å². The van der Waals surface area contributed by atoms with Gasteiger partial charge in [-0.25, -0.2) is 0 Å². The van der Waals surface area contributed by atoms with Gasteiger partial charge in [-0.2, -0.15) is 0 Å². The van der Waals surface area contributed by atoms with E-state index in [4.69, 9.17) is 5.73 Å². The summed E-state index contributed by atoms with van der Waals surface area (Å²) in [5.74, 6) is 0.223. The number of amides is 1. The van der Waals surface area contributed by atoms with Gasteiger partial charge in [-0.3, -0.25) is 9.78 Å². The SMILES string of the molecule is NC1(CC(=O)N2CCCC2c2cccnc2)CCCC1. The number of nitrogens with zero attached hydrogens (tertiary/aromatic N) is 2. The van der Waals surface area contributed by atoms with Crippen molar-refractivity contribution in [3.05, 3.63) is 30.1 Å². The Labute approximate surface area is 120 Å². The molecule has 1 aliphatic carbocycles. The molecule has 3 rings (SSSR count). The Kier molecular flexibility index (Phi) is 3.74. The zero-order valence-electron chi connectivity index (χ0n) is 11.9. The summed E-state index contributed by atoms with van der Waals surface area (Å²) >= 11 is 0. The van der Waals surface area contributed by atoms with Gasteiger partial charge in [0.05, 0.1) is 6.04 Å². The van der Waals surface area contributed by atoms with Crippen LogP contribution in [0, 0.1) is 0 Å². The Morgan fingerprint density at radius 2 is 2.20 bits per heavy atom. The van der Waals surface area contributed by atoms with E-state index in [1.54, 1.807) is 6.20 Å². The molecule has 4 nitrogen and oxygen atoms in total. The number of hydrogen-bond acceptors (Lipinski definition) is 3. The number of carbonyl (C=O) groups is 1. The molecule has 0 aromatic carbocycles. The van der Waals surface area contributed by atoms with Crippen LogP contribution in [-0.4, -0.2) is 27.9 Å². The van der Waals surface area contributed by atoms with Crippen molar-refractivity contribution < 1.29 is 4.79 Å². The van der Waals surface area contributed by atoms with Crippen LogP contribution < -0.4 is 5.73 Å². The third-order valence-electron chi connectivity index (χ3n) is 4.74. The molecule has 0 spiro atoms. The van der Waals surface area contributed by atoms with E-state index in [1.807, 2.05) is 17.2 Å². The number of hydrogen-bond donors (Lipinski definition) is 1. The normalized spacial score (nSPS) is 25.1. The van der Waals surface area contributed by atoms with Crippen molar-refractivity contribution >= 4 is 5.91 Å². The first-order valence-electron chi connectivity index (χ1n) is 7.66. The standard InChI is InChI=1S/C16H23N3O/c17-16(7-1-2-8-16)11-15(20)19-10-4-6-14(19)13-5-3-9-18-12-13/h3,5,9,12,14H,1-2,4,6-8,10-11,17H2. The van der Waals surface area contributed by atoms with Gasteiger partial charge in [0.15, 0.2) is 0 Å². The molecule has 1 aromatic heterocycles. The molecular formula is C16H23N3O. The third-order valence-corrected chi connectivity index (χ3v) is 4.74. The average molecular weight is 273 g/mol. The largest absolute Gasteiger partial charge is 0.336 e. The predicted octanol–water partition coefficient (Wildman–Crippen LogP) is 2.41. The second-order valence-corrected chi connectivity index (χ2v) is 6.28. The topological polar surface area (TPSA) is 59.2 Å². The second kappa shape index (κ2) is 5.52. The Bertz CT molecular complexity index is 468. The van der Waals surface area contributed by atoms with Crippen molar-refractivity contribution in [2.45, 2.75) is 56.5 Å². The molecule has 108 valence electrons. The van der Waals surface area contributed by atoms with Gasteiger partial charge in [0.25, 0.3) is 0 Å². The van der Waals surface area contributed by atoms with E-state index in [9.17, 15) is 4.79 Å². The smallest absolute Gasteiger partial charge is 0.224 e. The molecule has 2 N–H and O–H groups in total. The van der Waals surface area contributed by atoms with Crippen LogP contribution in [0.15, 0.2) is 24.5 Å². The van der Waals surface area contributed by atoms with Crippen LogP contribution in [-0.2, 0) is 4.79 Å². The molecule has 0 bridgehead atoms. The lowest BCUT2D eigenvalue weighted by atomic mass is 9.93. The molecule has 2 heterocycles. The number of nitrogens with two attached hydrogens (primary N) is 1. The Morgan fingerprint density at radius 1 is 1.40 bits per heavy atom. The van der Waals surface area contributed by atoms with Gasteiger partial charge in [0.2, 0.25) is 5.91 Å². The summed E-state index contributed by atoms with van der Waals surface area (Å²) in [6, 6.07) is 4.20. The van der Waals surface area contributed by atoms with Crippen LogP contribution in [0.25, 0.3) is 0 Å². The van der Waals surface area contributed by atoms with Gasteiger partial charge in [0, 0.05) is 30.9 Å². The lowest BCUT2D eigenvalue weighted by Gasteiger charge is -2.30. The maximum absolute atomic E-state index is 12.6. The molecule has 4 heteroatoms. The summed E-state index contributed by atoms with van der Waals surface area (Å²) in [6.45, 7) is 0.856. The van der Waals surface area contributed by atoms with E-state index in [0.29, 0.717) is 6.42 Å². The summed E-state index contributed by atoms with van der Waals surface area (Å²) in [5, 5.41) is 0. The van der Waals surface area contributed by atoms with Gasteiger partial charge in [-0.05, 0) is 37.3 Å². The highest BCUT2D eigenvalue weighted by atomic mass is 16.2. The van der Waals surface area contributed by atoms with Crippen molar-refractivity contribution in [1.82, 2.24) is 9.88 Å². The minimum atomic E-state index is -0.251. The zero-order chi connectivity index (χ0) is 14.0. The van der Waals surface area contributed by atoms with Crippen molar-refractivity contribution in [2.75, 3.05) is 6.54 Å². The maximum Gasteiger partial charge on any atom is 0.224 e. The van der Waals surface area contributed by atoms with Crippen LogP contribution in [0.2, 0.25) is 0 Å². The van der Waals surface area contributed by atoms with Crippen molar-refractivity contribution in [3.8, 4) is 0 Å². The molecule has 1 saturated heterocycles. The molecule has 1 amide bonds. The van der Waals surface area contributed by atoms with E-state index in [-0.39, 0.29) is 17.5 Å². The highest BCUT2D eigenvalue weighted by molar-refractivity contribution is 5.78. The lowest BCUT2D eigenvalue weighted by molar-refractivity contribution is -0.133. The van der Waals surface area contributed by atoms with Crippen molar-refractivity contribution in [1.29, 1.82) is 0 Å². The molecule has 1 aromatic rings. The van der Waals surface area contributed by atoms with Crippen LogP contribution in [0.3, 0.4) is 0 Å². The Hall–Kier alpha value is -1.42. The highest BCUT2D eigenvalue weighted by Crippen LogP contribution is 2.35. The van der Waals surface area contributed by atoms with Gasteiger partial charge in [-0.1, -0.05) is 18.9 Å². The first-order valence-corrected chi connectivity index (χ1v) is 7.66. The Morgan fingerprint density at radius 3 is 2.90 bits per heavy atom. The van der Waals surface area contributed by atoms with Crippen molar-refractivity contribution in [3.63, 3.8) is 0 Å². The van der Waals surface area contributed by atoms with Gasteiger partial charge < -0.3 is 10.6 Å². The summed E-state index contributed by atoms with van der Waals surface area (Å²) in [6.07, 6.45) is 10.6. The number of aromatic nitrogens is 1. The fourth-order valence-corrected chi connectivity index (χ4v) is 3.64. The van der Waals surface area contributed by atoms with Crippen LogP contribution >= 0.6 is 0 Å². The third kappa shape index (κ3) is 2.70. The number of carbonyl (C=O) groups excluding carboxylic acids is 1. The predicted molar refractivity (Wildman–Crippen MR) is 77.9 cm³/mol. The minimum Gasteiger partial charge on any atom is -0.336 e. The molecule has 2 fully saturated rings. The highest BCUT2D eigenvalue weighted by Gasteiger charge is 2.36. The summed E-state index contributed by atoms with van der Waals surface area (Å²) < 4.78 is 0. The van der Waals surface area contributed by atoms with Gasteiger partial charge in [-0.15, -0.1) is 0 Å². The van der Waals surface area contributed by atoms with Crippen LogP contribution in [0.1, 0.15) is 56.6 Å². The van der Waals surface area contributed by atoms with E-state index < -0.39 is 0 Å². The monoisotopic (exact) mass is 273 g/mol. The first-order chi connectivity index (χ1) is 9.68.